The van der Waals surface area contributed by atoms with E-state index in [1.54, 1.807) is 24.4 Å². The molecule has 0 saturated carbocycles. The van der Waals surface area contributed by atoms with Crippen LogP contribution in [-0.2, 0) is 0 Å². The minimum atomic E-state index is -0.217. The molecule has 0 atom stereocenters. The van der Waals surface area contributed by atoms with Crippen LogP contribution < -0.4 is 5.32 Å². The van der Waals surface area contributed by atoms with Crippen molar-refractivity contribution in [1.82, 2.24) is 9.97 Å². The molecule has 15 heavy (non-hydrogen) atoms. The summed E-state index contributed by atoms with van der Waals surface area (Å²) in [5, 5.41) is 2.63. The van der Waals surface area contributed by atoms with Gasteiger partial charge in [0.1, 0.15) is 12.1 Å². The van der Waals surface area contributed by atoms with Gasteiger partial charge in [-0.3, -0.25) is 4.79 Å². The van der Waals surface area contributed by atoms with E-state index in [2.05, 4.69) is 15.3 Å². The van der Waals surface area contributed by atoms with E-state index < -0.39 is 0 Å². The molecule has 0 radical (unpaired) electrons. The molecule has 2 aromatic heterocycles. The molecular weight excluding hydrogens is 234 g/mol. The lowest BCUT2D eigenvalue weighted by Gasteiger charge is -2.00. The fraction of sp³-hybridized carbons (Fsp3) is 0. The topological polar surface area (TPSA) is 54.9 Å². The van der Waals surface area contributed by atoms with Crippen LogP contribution in [0.2, 0.25) is 4.34 Å². The Kier molecular flexibility index (Phi) is 2.94. The molecule has 0 fully saturated rings. The Hall–Kier alpha value is -1.46. The molecule has 2 rings (SSSR count). The molecule has 2 aromatic rings. The summed E-state index contributed by atoms with van der Waals surface area (Å²) < 4.78 is 0.586. The van der Waals surface area contributed by atoms with Gasteiger partial charge in [-0.1, -0.05) is 11.6 Å². The largest absolute Gasteiger partial charge is 0.306 e. The van der Waals surface area contributed by atoms with Crippen LogP contribution in [0.3, 0.4) is 0 Å². The van der Waals surface area contributed by atoms with Crippen LogP contribution in [0, 0.1) is 0 Å². The Morgan fingerprint density at radius 1 is 1.40 bits per heavy atom. The standard InChI is InChI=1S/C9H6ClN3OS/c10-7-2-1-6(15-7)9(14)13-8-3-4-11-5-12-8/h1-5H,(H,11,12,13,14). The van der Waals surface area contributed by atoms with Gasteiger partial charge < -0.3 is 5.32 Å². The van der Waals surface area contributed by atoms with Gasteiger partial charge in [0.25, 0.3) is 5.91 Å². The smallest absolute Gasteiger partial charge is 0.266 e. The van der Waals surface area contributed by atoms with Gasteiger partial charge in [0, 0.05) is 6.20 Å². The van der Waals surface area contributed by atoms with E-state index >= 15 is 0 Å². The van der Waals surface area contributed by atoms with Crippen LogP contribution in [0.1, 0.15) is 9.67 Å². The summed E-state index contributed by atoms with van der Waals surface area (Å²) >= 11 is 6.95. The van der Waals surface area contributed by atoms with Crippen molar-refractivity contribution in [3.63, 3.8) is 0 Å². The van der Waals surface area contributed by atoms with Crippen LogP contribution in [-0.4, -0.2) is 15.9 Å². The Balaban J connectivity index is 2.11. The number of aromatic nitrogens is 2. The van der Waals surface area contributed by atoms with Crippen molar-refractivity contribution in [2.24, 2.45) is 0 Å². The first kappa shape index (κ1) is 10.1. The molecule has 1 amide bonds. The zero-order chi connectivity index (χ0) is 10.7. The van der Waals surface area contributed by atoms with Crippen LogP contribution in [0.15, 0.2) is 30.7 Å². The van der Waals surface area contributed by atoms with Crippen molar-refractivity contribution in [2.75, 3.05) is 5.32 Å². The number of nitrogens with zero attached hydrogens (tertiary/aromatic N) is 2. The number of carbonyl (C=O) groups is 1. The average Bonchev–Trinajstić information content (AvgIpc) is 2.66. The number of rotatable bonds is 2. The molecule has 0 spiro atoms. The molecule has 2 heterocycles. The Morgan fingerprint density at radius 2 is 2.27 bits per heavy atom. The number of hydrogen-bond acceptors (Lipinski definition) is 4. The maximum Gasteiger partial charge on any atom is 0.266 e. The maximum absolute atomic E-state index is 11.6. The van der Waals surface area contributed by atoms with Crippen molar-refractivity contribution < 1.29 is 4.79 Å². The van der Waals surface area contributed by atoms with Crippen LogP contribution >= 0.6 is 22.9 Å². The fourth-order valence-electron chi connectivity index (χ4n) is 0.979. The third-order valence-electron chi connectivity index (χ3n) is 1.62. The second kappa shape index (κ2) is 4.37. The third kappa shape index (κ3) is 2.51. The van der Waals surface area contributed by atoms with Crippen molar-refractivity contribution in [3.8, 4) is 0 Å². The molecule has 0 aliphatic carbocycles. The predicted octanol–water partition coefficient (Wildman–Crippen LogP) is 2.44. The van der Waals surface area contributed by atoms with Gasteiger partial charge in [-0.15, -0.1) is 11.3 Å². The lowest BCUT2D eigenvalue weighted by molar-refractivity contribution is 0.103. The van der Waals surface area contributed by atoms with E-state index in [9.17, 15) is 4.79 Å². The Bertz CT molecular complexity index is 471. The van der Waals surface area contributed by atoms with Crippen LogP contribution in [0.4, 0.5) is 5.82 Å². The summed E-state index contributed by atoms with van der Waals surface area (Å²) in [5.74, 6) is 0.255. The third-order valence-corrected chi connectivity index (χ3v) is 2.85. The van der Waals surface area contributed by atoms with Crippen LogP contribution in [0.25, 0.3) is 0 Å². The van der Waals surface area contributed by atoms with Gasteiger partial charge in [0.05, 0.1) is 9.21 Å². The van der Waals surface area contributed by atoms with E-state index in [0.29, 0.717) is 15.0 Å². The van der Waals surface area contributed by atoms with E-state index in [4.69, 9.17) is 11.6 Å². The second-order valence-electron chi connectivity index (χ2n) is 2.65. The van der Waals surface area contributed by atoms with Crippen LogP contribution in [0.5, 0.6) is 0 Å². The Morgan fingerprint density at radius 3 is 2.87 bits per heavy atom. The molecule has 0 saturated heterocycles. The molecule has 0 aliphatic rings. The quantitative estimate of drug-likeness (QED) is 0.876. The summed E-state index contributed by atoms with van der Waals surface area (Å²) in [6.07, 6.45) is 2.93. The molecule has 0 bridgehead atoms. The second-order valence-corrected chi connectivity index (χ2v) is 4.37. The summed E-state index contributed by atoms with van der Waals surface area (Å²) in [6.45, 7) is 0. The first-order valence-corrected chi connectivity index (χ1v) is 5.28. The number of halogens is 1. The van der Waals surface area contributed by atoms with Gasteiger partial charge in [-0.2, -0.15) is 0 Å². The molecule has 76 valence electrons. The maximum atomic E-state index is 11.6. The van der Waals surface area contributed by atoms with E-state index in [1.807, 2.05) is 0 Å². The van der Waals surface area contributed by atoms with Crippen molar-refractivity contribution in [1.29, 1.82) is 0 Å². The van der Waals surface area contributed by atoms with Crippen molar-refractivity contribution >= 4 is 34.7 Å². The monoisotopic (exact) mass is 239 g/mol. The summed E-state index contributed by atoms with van der Waals surface area (Å²) in [6, 6.07) is 4.97. The zero-order valence-corrected chi connectivity index (χ0v) is 9.05. The first-order valence-electron chi connectivity index (χ1n) is 4.08. The highest BCUT2D eigenvalue weighted by Gasteiger charge is 2.08. The minimum Gasteiger partial charge on any atom is -0.306 e. The fourth-order valence-corrected chi connectivity index (χ4v) is 1.92. The van der Waals surface area contributed by atoms with Gasteiger partial charge >= 0.3 is 0 Å². The highest BCUT2D eigenvalue weighted by molar-refractivity contribution is 7.18. The predicted molar refractivity (Wildman–Crippen MR) is 59.3 cm³/mol. The summed E-state index contributed by atoms with van der Waals surface area (Å²) in [7, 11) is 0. The molecular formula is C9H6ClN3OS. The lowest BCUT2D eigenvalue weighted by Crippen LogP contribution is -2.11. The van der Waals surface area contributed by atoms with Gasteiger partial charge in [-0.05, 0) is 18.2 Å². The number of nitrogens with one attached hydrogen (secondary N) is 1. The number of carbonyl (C=O) groups excluding carboxylic acids is 1. The number of thiophene rings is 1. The van der Waals surface area contributed by atoms with Gasteiger partial charge in [0.2, 0.25) is 0 Å². The number of hydrogen-bond donors (Lipinski definition) is 1. The van der Waals surface area contributed by atoms with Crippen molar-refractivity contribution in [2.45, 2.75) is 0 Å². The van der Waals surface area contributed by atoms with Crippen molar-refractivity contribution in [3.05, 3.63) is 39.9 Å². The molecule has 0 aliphatic heterocycles. The molecule has 1 N–H and O–H groups in total. The number of amides is 1. The van der Waals surface area contributed by atoms with E-state index in [-0.39, 0.29) is 5.91 Å². The minimum absolute atomic E-state index is 0.217. The SMILES string of the molecule is O=C(Nc1ccncn1)c1ccc(Cl)s1. The molecule has 0 aromatic carbocycles. The van der Waals surface area contributed by atoms with E-state index in [1.165, 1.54) is 17.7 Å². The molecule has 6 heteroatoms. The summed E-state index contributed by atoms with van der Waals surface area (Å²) in [5.41, 5.74) is 0. The molecule has 4 nitrogen and oxygen atoms in total. The number of anilines is 1. The molecule has 0 unspecified atom stereocenters. The highest BCUT2D eigenvalue weighted by Crippen LogP contribution is 2.21. The first-order chi connectivity index (χ1) is 7.25. The van der Waals surface area contributed by atoms with E-state index in [0.717, 1.165) is 0 Å². The summed E-state index contributed by atoms with van der Waals surface area (Å²) in [4.78, 5) is 19.8. The Labute approximate surface area is 94.9 Å². The van der Waals surface area contributed by atoms with Gasteiger partial charge in [-0.25, -0.2) is 9.97 Å². The zero-order valence-electron chi connectivity index (χ0n) is 7.48. The lowest BCUT2D eigenvalue weighted by atomic mass is 10.4. The highest BCUT2D eigenvalue weighted by atomic mass is 35.5. The van der Waals surface area contributed by atoms with Gasteiger partial charge in [0.15, 0.2) is 0 Å². The normalized spacial score (nSPS) is 9.93. The average molecular weight is 240 g/mol.